The summed E-state index contributed by atoms with van der Waals surface area (Å²) >= 11 is 5.75. The van der Waals surface area contributed by atoms with E-state index in [9.17, 15) is 4.39 Å². The average Bonchev–Trinajstić information content (AvgIpc) is 2.43. The highest BCUT2D eigenvalue weighted by molar-refractivity contribution is 6.73. The fraction of sp³-hybridized carbons (Fsp3) is 0.625. The monoisotopic (exact) mass is 297 g/mol. The van der Waals surface area contributed by atoms with Crippen molar-refractivity contribution in [2.75, 3.05) is 0 Å². The lowest BCUT2D eigenvalue weighted by Crippen LogP contribution is -2.34. The van der Waals surface area contributed by atoms with Crippen LogP contribution in [-0.2, 0) is 0 Å². The van der Waals surface area contributed by atoms with E-state index in [0.29, 0.717) is 0 Å². The maximum atomic E-state index is 13.5. The van der Waals surface area contributed by atoms with E-state index in [1.54, 1.807) is 12.1 Å². The molecule has 1 aliphatic rings. The van der Waals surface area contributed by atoms with Crippen LogP contribution in [0.25, 0.3) is 0 Å². The summed E-state index contributed by atoms with van der Waals surface area (Å²) in [4.78, 5) is 0. The van der Waals surface area contributed by atoms with Gasteiger partial charge in [0.05, 0.1) is 13.8 Å². The number of hydrogen-bond donors (Lipinski definition) is 0. The molecule has 1 radical (unpaired) electrons. The Morgan fingerprint density at radius 3 is 2.63 bits per heavy atom. The van der Waals surface area contributed by atoms with Gasteiger partial charge < -0.3 is 0 Å². The predicted octanol–water partition coefficient (Wildman–Crippen LogP) is 5.17. The Morgan fingerprint density at radius 2 is 2.00 bits per heavy atom. The molecule has 0 spiro atoms. The Morgan fingerprint density at radius 1 is 1.26 bits per heavy atom. The maximum Gasteiger partial charge on any atom is 0.141 e. The zero-order chi connectivity index (χ0) is 13.7. The normalized spacial score (nSPS) is 17.8. The van der Waals surface area contributed by atoms with Crippen LogP contribution in [0.15, 0.2) is 18.2 Å². The molecule has 1 fully saturated rings. The molecule has 19 heavy (non-hydrogen) atoms. The Bertz CT molecular complexity index is 400. The van der Waals surface area contributed by atoms with Gasteiger partial charge in [0.2, 0.25) is 0 Å². The van der Waals surface area contributed by atoms with Crippen molar-refractivity contribution in [1.29, 1.82) is 0 Å². The number of unbranched alkanes of at least 4 members (excludes halogenated alkanes) is 2. The van der Waals surface area contributed by atoms with Gasteiger partial charge in [0.1, 0.15) is 5.82 Å². The third-order valence-corrected chi connectivity index (χ3v) is 7.47. The summed E-state index contributed by atoms with van der Waals surface area (Å²) in [7, 11) is -0.525. The van der Waals surface area contributed by atoms with E-state index in [1.807, 2.05) is 6.07 Å². The molecule has 3 heteroatoms. The summed E-state index contributed by atoms with van der Waals surface area (Å²) in [6, 6.07) is 8.05. The molecule has 0 atom stereocenters. The predicted molar refractivity (Wildman–Crippen MR) is 83.3 cm³/mol. The van der Waals surface area contributed by atoms with Gasteiger partial charge in [-0.1, -0.05) is 80.4 Å². The molecule has 0 aromatic heterocycles. The van der Waals surface area contributed by atoms with Crippen molar-refractivity contribution in [3.63, 3.8) is 0 Å². The minimum Gasteiger partial charge on any atom is -0.205 e. The van der Waals surface area contributed by atoms with E-state index in [0.717, 1.165) is 5.92 Å². The minimum absolute atomic E-state index is 0.248. The first-order valence-electron chi connectivity index (χ1n) is 7.50. The molecular formula is C16H23ClFSi. The van der Waals surface area contributed by atoms with Gasteiger partial charge in [0.25, 0.3) is 0 Å². The second-order valence-electron chi connectivity index (χ2n) is 5.67. The molecule has 1 aromatic carbocycles. The van der Waals surface area contributed by atoms with Crippen molar-refractivity contribution < 1.29 is 4.39 Å². The third kappa shape index (κ3) is 4.32. The topological polar surface area (TPSA) is 0 Å². The van der Waals surface area contributed by atoms with Crippen LogP contribution in [0.3, 0.4) is 0 Å². The van der Waals surface area contributed by atoms with Gasteiger partial charge >= 0.3 is 0 Å². The first-order valence-corrected chi connectivity index (χ1v) is 9.80. The van der Waals surface area contributed by atoms with Crippen LogP contribution in [0.1, 0.15) is 45.4 Å². The molecule has 0 aliphatic carbocycles. The Hall–Kier alpha value is -0.343. The summed E-state index contributed by atoms with van der Waals surface area (Å²) in [5, 5.41) is 1.48. The van der Waals surface area contributed by atoms with E-state index in [4.69, 9.17) is 11.6 Å². The fourth-order valence-corrected chi connectivity index (χ4v) is 6.11. The molecule has 1 aromatic rings. The third-order valence-electron chi connectivity index (χ3n) is 4.25. The van der Waals surface area contributed by atoms with Crippen molar-refractivity contribution in [2.24, 2.45) is 5.92 Å². The summed E-state index contributed by atoms with van der Waals surface area (Å²) in [6.07, 6.45) is 8.17. The molecule has 0 unspecified atom stereocenters. The zero-order valence-electron chi connectivity index (χ0n) is 11.7. The van der Waals surface area contributed by atoms with Crippen LogP contribution < -0.4 is 5.19 Å². The molecule has 2 rings (SSSR count). The second kappa shape index (κ2) is 7.44. The van der Waals surface area contributed by atoms with Crippen molar-refractivity contribution in [2.45, 2.75) is 57.5 Å². The van der Waals surface area contributed by atoms with Crippen LogP contribution in [0.2, 0.25) is 17.1 Å². The van der Waals surface area contributed by atoms with Crippen molar-refractivity contribution in [1.82, 2.24) is 0 Å². The van der Waals surface area contributed by atoms with E-state index in [2.05, 4.69) is 6.92 Å². The molecule has 0 saturated carbocycles. The maximum absolute atomic E-state index is 13.5. The summed E-state index contributed by atoms with van der Waals surface area (Å²) < 4.78 is 13.5. The second-order valence-corrected chi connectivity index (χ2v) is 8.86. The first-order chi connectivity index (χ1) is 9.20. The van der Waals surface area contributed by atoms with Crippen LogP contribution >= 0.6 is 11.6 Å². The number of rotatable bonds is 5. The highest BCUT2D eigenvalue weighted by Gasteiger charge is 2.24. The summed E-state index contributed by atoms with van der Waals surface area (Å²) in [6.45, 7) is 2.26. The van der Waals surface area contributed by atoms with Gasteiger partial charge in [-0.2, -0.15) is 0 Å². The largest absolute Gasteiger partial charge is 0.205 e. The van der Waals surface area contributed by atoms with Crippen molar-refractivity contribution in [3.8, 4) is 0 Å². The van der Waals surface area contributed by atoms with Crippen LogP contribution in [0.5, 0.6) is 0 Å². The highest BCUT2D eigenvalue weighted by atomic mass is 35.5. The highest BCUT2D eigenvalue weighted by Crippen LogP contribution is 2.29. The molecule has 1 aliphatic heterocycles. The Kier molecular flexibility index (Phi) is 5.90. The number of halogens is 2. The number of hydrogen-bond acceptors (Lipinski definition) is 0. The van der Waals surface area contributed by atoms with Crippen LogP contribution in [0, 0.1) is 11.7 Å². The molecule has 0 bridgehead atoms. The van der Waals surface area contributed by atoms with E-state index < -0.39 is 8.80 Å². The van der Waals surface area contributed by atoms with E-state index in [-0.39, 0.29) is 10.8 Å². The standard InChI is InChI=1S/C16H23ClFSi/c1-2-3-4-5-13-8-10-19(11-9-13)14-6-7-15(17)16(18)12-14/h6-7,12-13H,2-5,8-11H2,1H3. The number of benzene rings is 1. The first kappa shape index (κ1) is 15.1. The Balaban J connectivity index is 1.84. The molecule has 105 valence electrons. The Labute approximate surface area is 123 Å². The molecular weight excluding hydrogens is 275 g/mol. The lowest BCUT2D eigenvalue weighted by atomic mass is 9.96. The fourth-order valence-electron chi connectivity index (χ4n) is 3.00. The minimum atomic E-state index is -0.525. The van der Waals surface area contributed by atoms with Crippen LogP contribution in [0.4, 0.5) is 4.39 Å². The summed E-state index contributed by atoms with van der Waals surface area (Å²) in [5.41, 5.74) is 0. The molecule has 1 saturated heterocycles. The van der Waals surface area contributed by atoms with Gasteiger partial charge in [-0.05, 0) is 18.1 Å². The zero-order valence-corrected chi connectivity index (χ0v) is 13.5. The lowest BCUT2D eigenvalue weighted by Gasteiger charge is -2.27. The SMILES string of the molecule is CCCCCC1CC[Si](c2ccc(Cl)c(F)c2)CC1. The smallest absolute Gasteiger partial charge is 0.141 e. The van der Waals surface area contributed by atoms with E-state index >= 15 is 0 Å². The van der Waals surface area contributed by atoms with Crippen LogP contribution in [-0.4, -0.2) is 8.80 Å². The lowest BCUT2D eigenvalue weighted by molar-refractivity contribution is 0.418. The van der Waals surface area contributed by atoms with Crippen molar-refractivity contribution >= 4 is 25.6 Å². The van der Waals surface area contributed by atoms with Gasteiger partial charge in [-0.15, -0.1) is 0 Å². The quantitative estimate of drug-likeness (QED) is 0.519. The molecule has 0 amide bonds. The van der Waals surface area contributed by atoms with Gasteiger partial charge in [-0.3, -0.25) is 0 Å². The molecule has 0 nitrogen and oxygen atoms in total. The molecule has 1 heterocycles. The van der Waals surface area contributed by atoms with Gasteiger partial charge in [0.15, 0.2) is 0 Å². The summed E-state index contributed by atoms with van der Waals surface area (Å²) in [5.74, 6) is 0.680. The van der Waals surface area contributed by atoms with E-state index in [1.165, 1.54) is 55.8 Å². The molecule has 0 N–H and O–H groups in total. The van der Waals surface area contributed by atoms with Crippen molar-refractivity contribution in [3.05, 3.63) is 29.0 Å². The van der Waals surface area contributed by atoms with Gasteiger partial charge in [-0.25, -0.2) is 4.39 Å². The average molecular weight is 298 g/mol. The van der Waals surface area contributed by atoms with Gasteiger partial charge in [0, 0.05) is 0 Å².